The summed E-state index contributed by atoms with van der Waals surface area (Å²) in [6.45, 7) is 2.79. The van der Waals surface area contributed by atoms with E-state index in [1.54, 1.807) is 0 Å². The highest BCUT2D eigenvalue weighted by Crippen LogP contribution is 2.33. The van der Waals surface area contributed by atoms with Gasteiger partial charge in [-0.1, -0.05) is 19.8 Å². The Kier molecular flexibility index (Phi) is 3.50. The summed E-state index contributed by atoms with van der Waals surface area (Å²) < 4.78 is 5.50. The molecule has 1 heterocycles. The van der Waals surface area contributed by atoms with Crippen LogP contribution in [0.1, 0.15) is 37.3 Å². The van der Waals surface area contributed by atoms with Gasteiger partial charge in [0, 0.05) is 0 Å². The zero-order valence-electron chi connectivity index (χ0n) is 9.70. The van der Waals surface area contributed by atoms with Crippen molar-refractivity contribution in [2.75, 3.05) is 6.61 Å². The Morgan fingerprint density at radius 1 is 1.31 bits per heavy atom. The predicted octanol–water partition coefficient (Wildman–Crippen LogP) is 3.53. The summed E-state index contributed by atoms with van der Waals surface area (Å²) in [5.74, 6) is 1.15. The number of unbranched alkanes of at least 4 members (excludes halogenated alkanes) is 2. The number of aromatic hydroxyl groups is 1. The zero-order valence-corrected chi connectivity index (χ0v) is 9.70. The molecule has 0 atom stereocenters. The summed E-state index contributed by atoms with van der Waals surface area (Å²) in [6.07, 6.45) is 8.48. The second-order valence-electron chi connectivity index (χ2n) is 4.20. The molecule has 1 aliphatic rings. The lowest BCUT2D eigenvalue weighted by atomic mass is 10.0. The molecule has 0 bridgehead atoms. The van der Waals surface area contributed by atoms with E-state index in [-0.39, 0.29) is 0 Å². The molecule has 2 nitrogen and oxygen atoms in total. The van der Waals surface area contributed by atoms with E-state index < -0.39 is 0 Å². The van der Waals surface area contributed by atoms with Gasteiger partial charge in [0.1, 0.15) is 18.1 Å². The molecule has 16 heavy (non-hydrogen) atoms. The molecule has 0 aromatic heterocycles. The fourth-order valence-electron chi connectivity index (χ4n) is 1.98. The van der Waals surface area contributed by atoms with Gasteiger partial charge in [0.05, 0.1) is 5.56 Å². The fourth-order valence-corrected chi connectivity index (χ4v) is 1.98. The first-order chi connectivity index (χ1) is 7.81. The van der Waals surface area contributed by atoms with Crippen LogP contribution in [-0.4, -0.2) is 11.7 Å². The first-order valence-electron chi connectivity index (χ1n) is 5.96. The van der Waals surface area contributed by atoms with Crippen molar-refractivity contribution in [2.45, 2.75) is 32.6 Å². The maximum Gasteiger partial charge on any atom is 0.130 e. The minimum absolute atomic E-state index is 0.333. The first-order valence-corrected chi connectivity index (χ1v) is 5.96. The Morgan fingerprint density at radius 3 is 3.00 bits per heavy atom. The predicted molar refractivity (Wildman–Crippen MR) is 65.9 cm³/mol. The van der Waals surface area contributed by atoms with Crippen LogP contribution < -0.4 is 4.74 Å². The van der Waals surface area contributed by atoms with E-state index in [0.717, 1.165) is 17.7 Å². The number of phenolic OH excluding ortho intramolecular Hbond substituents is 1. The number of hydrogen-bond acceptors (Lipinski definition) is 2. The van der Waals surface area contributed by atoms with Gasteiger partial charge in [-0.2, -0.15) is 0 Å². The van der Waals surface area contributed by atoms with Crippen LogP contribution in [0.15, 0.2) is 18.2 Å². The smallest absolute Gasteiger partial charge is 0.130 e. The fraction of sp³-hybridized carbons (Fsp3) is 0.429. The molecule has 1 aliphatic heterocycles. The van der Waals surface area contributed by atoms with Crippen molar-refractivity contribution in [3.63, 3.8) is 0 Å². The van der Waals surface area contributed by atoms with Gasteiger partial charge in [0.2, 0.25) is 0 Å². The summed E-state index contributed by atoms with van der Waals surface area (Å²) in [5.41, 5.74) is 1.98. The van der Waals surface area contributed by atoms with E-state index in [0.29, 0.717) is 12.4 Å². The van der Waals surface area contributed by atoms with Crippen molar-refractivity contribution in [3.05, 3.63) is 29.3 Å². The molecule has 0 amide bonds. The van der Waals surface area contributed by atoms with Gasteiger partial charge >= 0.3 is 0 Å². The third-order valence-electron chi connectivity index (χ3n) is 2.87. The summed E-state index contributed by atoms with van der Waals surface area (Å²) in [4.78, 5) is 0. The normalized spacial score (nSPS) is 13.3. The Hall–Kier alpha value is -1.44. The van der Waals surface area contributed by atoms with Crippen LogP contribution in [-0.2, 0) is 6.42 Å². The zero-order chi connectivity index (χ0) is 11.4. The van der Waals surface area contributed by atoms with Gasteiger partial charge in [-0.25, -0.2) is 0 Å². The second kappa shape index (κ2) is 5.06. The topological polar surface area (TPSA) is 29.5 Å². The second-order valence-corrected chi connectivity index (χ2v) is 4.20. The average molecular weight is 218 g/mol. The summed E-state index contributed by atoms with van der Waals surface area (Å²) in [7, 11) is 0. The summed E-state index contributed by atoms with van der Waals surface area (Å²) in [6, 6.07) is 3.90. The number of phenols is 1. The van der Waals surface area contributed by atoms with E-state index in [9.17, 15) is 5.11 Å². The van der Waals surface area contributed by atoms with E-state index in [4.69, 9.17) is 4.74 Å². The number of benzene rings is 1. The molecular formula is C14H18O2. The molecule has 2 rings (SSSR count). The van der Waals surface area contributed by atoms with Gasteiger partial charge in [0.25, 0.3) is 0 Å². The number of hydrogen-bond donors (Lipinski definition) is 1. The van der Waals surface area contributed by atoms with Crippen molar-refractivity contribution >= 4 is 6.08 Å². The molecule has 0 fully saturated rings. The maximum absolute atomic E-state index is 9.86. The summed E-state index contributed by atoms with van der Waals surface area (Å²) >= 11 is 0. The monoisotopic (exact) mass is 218 g/mol. The van der Waals surface area contributed by atoms with Crippen LogP contribution in [0.3, 0.4) is 0 Å². The molecule has 0 saturated carbocycles. The van der Waals surface area contributed by atoms with E-state index >= 15 is 0 Å². The average Bonchev–Trinajstić information content (AvgIpc) is 2.30. The largest absolute Gasteiger partial charge is 0.507 e. The van der Waals surface area contributed by atoms with Crippen LogP contribution in [0.4, 0.5) is 0 Å². The van der Waals surface area contributed by atoms with E-state index in [1.165, 1.54) is 24.8 Å². The Bertz CT molecular complexity index is 394. The van der Waals surface area contributed by atoms with E-state index in [2.05, 4.69) is 6.92 Å². The van der Waals surface area contributed by atoms with Crippen LogP contribution in [0.5, 0.6) is 11.5 Å². The number of ether oxygens (including phenoxy) is 1. The van der Waals surface area contributed by atoms with Crippen LogP contribution >= 0.6 is 0 Å². The highest BCUT2D eigenvalue weighted by Gasteiger charge is 2.11. The molecule has 0 aliphatic carbocycles. The van der Waals surface area contributed by atoms with E-state index in [1.807, 2.05) is 24.3 Å². The van der Waals surface area contributed by atoms with Crippen LogP contribution in [0.25, 0.3) is 6.08 Å². The number of rotatable bonds is 4. The lowest BCUT2D eigenvalue weighted by Gasteiger charge is -2.15. The van der Waals surface area contributed by atoms with Crippen LogP contribution in [0, 0.1) is 0 Å². The third-order valence-corrected chi connectivity index (χ3v) is 2.87. The highest BCUT2D eigenvalue weighted by molar-refractivity contribution is 5.66. The van der Waals surface area contributed by atoms with Crippen molar-refractivity contribution in [2.24, 2.45) is 0 Å². The van der Waals surface area contributed by atoms with Gasteiger partial charge in [-0.3, -0.25) is 0 Å². The van der Waals surface area contributed by atoms with Gasteiger partial charge < -0.3 is 9.84 Å². The Balaban J connectivity index is 2.16. The minimum Gasteiger partial charge on any atom is -0.507 e. The van der Waals surface area contributed by atoms with Crippen molar-refractivity contribution in [1.82, 2.24) is 0 Å². The van der Waals surface area contributed by atoms with Crippen molar-refractivity contribution in [1.29, 1.82) is 0 Å². The molecule has 0 saturated heterocycles. The molecular weight excluding hydrogens is 200 g/mol. The molecule has 2 heteroatoms. The number of fused-ring (bicyclic) bond motifs is 1. The molecule has 86 valence electrons. The van der Waals surface area contributed by atoms with Crippen molar-refractivity contribution in [3.8, 4) is 11.5 Å². The highest BCUT2D eigenvalue weighted by atomic mass is 16.5. The number of aryl methyl sites for hydroxylation is 1. The van der Waals surface area contributed by atoms with Gasteiger partial charge in [-0.05, 0) is 42.7 Å². The molecule has 1 aromatic carbocycles. The Morgan fingerprint density at radius 2 is 2.19 bits per heavy atom. The molecule has 0 radical (unpaired) electrons. The SMILES string of the molecule is CCCCCc1cc(O)c2c(c1)OCC=C2. The molecule has 0 spiro atoms. The lowest BCUT2D eigenvalue weighted by Crippen LogP contribution is -2.01. The van der Waals surface area contributed by atoms with Gasteiger partial charge in [0.15, 0.2) is 0 Å². The van der Waals surface area contributed by atoms with Crippen molar-refractivity contribution < 1.29 is 9.84 Å². The molecule has 1 aromatic rings. The van der Waals surface area contributed by atoms with Crippen LogP contribution in [0.2, 0.25) is 0 Å². The third kappa shape index (κ3) is 2.38. The first kappa shape index (κ1) is 11.1. The van der Waals surface area contributed by atoms with Gasteiger partial charge in [-0.15, -0.1) is 0 Å². The standard InChI is InChI=1S/C14H18O2/c1-2-3-4-6-11-9-13(15)12-7-5-8-16-14(12)10-11/h5,7,9-10,15H,2-4,6,8H2,1H3. The Labute approximate surface area is 96.6 Å². The minimum atomic E-state index is 0.333. The lowest BCUT2D eigenvalue weighted by molar-refractivity contribution is 0.353. The summed E-state index contributed by atoms with van der Waals surface area (Å²) in [5, 5.41) is 9.86. The molecule has 1 N–H and O–H groups in total. The maximum atomic E-state index is 9.86. The quantitative estimate of drug-likeness (QED) is 0.783. The molecule has 0 unspecified atom stereocenters.